The number of H-pyrrole nitrogens is 1. The summed E-state index contributed by atoms with van der Waals surface area (Å²) in [7, 11) is 1.61. The molecule has 1 heterocycles. The highest BCUT2D eigenvalue weighted by Crippen LogP contribution is 1.96. The summed E-state index contributed by atoms with van der Waals surface area (Å²) in [5.41, 5.74) is 0. The van der Waals surface area contributed by atoms with Gasteiger partial charge in [0.2, 0.25) is 5.91 Å². The minimum Gasteiger partial charge on any atom is -0.466 e. The van der Waals surface area contributed by atoms with Gasteiger partial charge in [-0.3, -0.25) is 9.59 Å². The van der Waals surface area contributed by atoms with E-state index in [0.717, 1.165) is 0 Å². The molecule has 17 heavy (non-hydrogen) atoms. The summed E-state index contributed by atoms with van der Waals surface area (Å²) in [6.07, 6.45) is 0.248. The van der Waals surface area contributed by atoms with Gasteiger partial charge in [-0.1, -0.05) is 5.21 Å². The Labute approximate surface area is 98.3 Å². The number of amides is 1. The monoisotopic (exact) mass is 241 g/mol. The van der Waals surface area contributed by atoms with Gasteiger partial charge in [0.1, 0.15) is 0 Å². The Morgan fingerprint density at radius 3 is 2.82 bits per heavy atom. The molecule has 0 aromatic carbocycles. The van der Waals surface area contributed by atoms with Crippen molar-refractivity contribution in [1.82, 2.24) is 25.5 Å². The number of carbonyl (C=O) groups excluding carboxylic acids is 2. The molecule has 0 fully saturated rings. The number of nitrogens with zero attached hydrogens (tertiary/aromatic N) is 4. The van der Waals surface area contributed by atoms with Crippen LogP contribution in [-0.2, 0) is 20.7 Å². The van der Waals surface area contributed by atoms with E-state index in [-0.39, 0.29) is 24.7 Å². The van der Waals surface area contributed by atoms with Crippen molar-refractivity contribution in [2.24, 2.45) is 0 Å². The van der Waals surface area contributed by atoms with E-state index in [9.17, 15) is 9.59 Å². The van der Waals surface area contributed by atoms with Gasteiger partial charge in [-0.25, -0.2) is 0 Å². The van der Waals surface area contributed by atoms with Crippen LogP contribution in [0.1, 0.15) is 19.2 Å². The molecule has 0 aliphatic heterocycles. The second kappa shape index (κ2) is 6.56. The predicted molar refractivity (Wildman–Crippen MR) is 56.8 cm³/mol. The molecule has 0 saturated heterocycles. The summed E-state index contributed by atoms with van der Waals surface area (Å²) < 4.78 is 4.76. The van der Waals surface area contributed by atoms with Crippen LogP contribution in [0.5, 0.6) is 0 Å². The lowest BCUT2D eigenvalue weighted by atomic mass is 10.3. The van der Waals surface area contributed by atoms with Gasteiger partial charge < -0.3 is 9.64 Å². The average molecular weight is 241 g/mol. The number of hydrogen-bond donors (Lipinski definition) is 1. The summed E-state index contributed by atoms with van der Waals surface area (Å²) in [5.74, 6) is -0.152. The van der Waals surface area contributed by atoms with E-state index in [4.69, 9.17) is 4.74 Å². The van der Waals surface area contributed by atoms with E-state index in [0.29, 0.717) is 19.0 Å². The second-order valence-electron chi connectivity index (χ2n) is 3.38. The van der Waals surface area contributed by atoms with E-state index in [1.165, 1.54) is 4.90 Å². The molecule has 1 aromatic heterocycles. The van der Waals surface area contributed by atoms with Crippen molar-refractivity contribution in [3.63, 3.8) is 0 Å². The molecule has 0 aliphatic rings. The van der Waals surface area contributed by atoms with Crippen LogP contribution < -0.4 is 0 Å². The third-order valence-corrected chi connectivity index (χ3v) is 2.08. The molecule has 0 atom stereocenters. The molecule has 1 rings (SSSR count). The zero-order valence-electron chi connectivity index (χ0n) is 9.84. The molecular weight excluding hydrogens is 226 g/mol. The first-order valence-corrected chi connectivity index (χ1v) is 5.25. The summed E-state index contributed by atoms with van der Waals surface area (Å²) in [6, 6.07) is 0. The topological polar surface area (TPSA) is 101 Å². The van der Waals surface area contributed by atoms with Gasteiger partial charge in [0.15, 0.2) is 5.82 Å². The van der Waals surface area contributed by atoms with Crippen LogP contribution in [0, 0.1) is 0 Å². The first kappa shape index (κ1) is 13.1. The third kappa shape index (κ3) is 4.58. The van der Waals surface area contributed by atoms with Crippen molar-refractivity contribution in [2.75, 3.05) is 20.2 Å². The van der Waals surface area contributed by atoms with Gasteiger partial charge >= 0.3 is 5.97 Å². The minimum absolute atomic E-state index is 0.0653. The Kier molecular flexibility index (Phi) is 5.05. The van der Waals surface area contributed by atoms with Crippen molar-refractivity contribution >= 4 is 11.9 Å². The Morgan fingerprint density at radius 2 is 2.24 bits per heavy atom. The van der Waals surface area contributed by atoms with Crippen LogP contribution in [0.4, 0.5) is 0 Å². The lowest BCUT2D eigenvalue weighted by Gasteiger charge is -2.15. The fraction of sp³-hybridized carbons (Fsp3) is 0.667. The van der Waals surface area contributed by atoms with Gasteiger partial charge in [-0.2, -0.15) is 5.21 Å². The molecule has 8 heteroatoms. The number of carbonyl (C=O) groups is 2. The maximum absolute atomic E-state index is 11.6. The van der Waals surface area contributed by atoms with Crippen molar-refractivity contribution in [3.05, 3.63) is 5.82 Å². The second-order valence-corrected chi connectivity index (χ2v) is 3.38. The van der Waals surface area contributed by atoms with Crippen LogP contribution in [0.25, 0.3) is 0 Å². The highest BCUT2D eigenvalue weighted by atomic mass is 16.5. The van der Waals surface area contributed by atoms with Crippen LogP contribution >= 0.6 is 0 Å². The van der Waals surface area contributed by atoms with Gasteiger partial charge in [0.05, 0.1) is 19.4 Å². The molecule has 0 saturated carbocycles. The molecule has 1 N–H and O–H groups in total. The molecule has 1 amide bonds. The minimum atomic E-state index is -0.313. The molecule has 8 nitrogen and oxygen atoms in total. The summed E-state index contributed by atoms with van der Waals surface area (Å²) in [6.45, 7) is 2.40. The summed E-state index contributed by atoms with van der Waals surface area (Å²) >= 11 is 0. The van der Waals surface area contributed by atoms with Crippen molar-refractivity contribution < 1.29 is 14.3 Å². The smallest absolute Gasteiger partial charge is 0.307 e. The summed E-state index contributed by atoms with van der Waals surface area (Å²) in [4.78, 5) is 24.2. The number of tetrazole rings is 1. The van der Waals surface area contributed by atoms with E-state index in [1.54, 1.807) is 14.0 Å². The molecule has 1 aromatic rings. The number of rotatable bonds is 6. The summed E-state index contributed by atoms with van der Waals surface area (Å²) in [5, 5.41) is 13.0. The lowest BCUT2D eigenvalue weighted by Crippen LogP contribution is -2.31. The fourth-order valence-electron chi connectivity index (χ4n) is 1.14. The van der Waals surface area contributed by atoms with Crippen molar-refractivity contribution in [2.45, 2.75) is 19.8 Å². The zero-order chi connectivity index (χ0) is 12.7. The van der Waals surface area contributed by atoms with Crippen LogP contribution in [0.15, 0.2) is 0 Å². The molecule has 0 bridgehead atoms. The highest BCUT2D eigenvalue weighted by molar-refractivity contribution is 5.78. The number of hydrogen-bond acceptors (Lipinski definition) is 6. The maximum atomic E-state index is 11.6. The third-order valence-electron chi connectivity index (χ3n) is 2.08. The Morgan fingerprint density at radius 1 is 1.47 bits per heavy atom. The van der Waals surface area contributed by atoms with Crippen LogP contribution in [-0.4, -0.2) is 57.6 Å². The van der Waals surface area contributed by atoms with E-state index < -0.39 is 0 Å². The van der Waals surface area contributed by atoms with Crippen LogP contribution in [0.3, 0.4) is 0 Å². The zero-order valence-corrected chi connectivity index (χ0v) is 9.84. The number of ether oxygens (including phenoxy) is 1. The number of esters is 1. The molecule has 94 valence electrons. The maximum Gasteiger partial charge on any atom is 0.307 e. The normalized spacial score (nSPS) is 10.0. The average Bonchev–Trinajstić information content (AvgIpc) is 2.79. The van der Waals surface area contributed by atoms with Gasteiger partial charge in [0.25, 0.3) is 0 Å². The van der Waals surface area contributed by atoms with Crippen molar-refractivity contribution in [3.8, 4) is 0 Å². The number of nitrogens with one attached hydrogen (secondary N) is 1. The first-order chi connectivity index (χ1) is 8.13. The highest BCUT2D eigenvalue weighted by Gasteiger charge is 2.13. The molecule has 0 aliphatic carbocycles. The van der Waals surface area contributed by atoms with Gasteiger partial charge in [-0.05, 0) is 6.92 Å². The van der Waals surface area contributed by atoms with Gasteiger partial charge in [-0.15, -0.1) is 10.2 Å². The largest absolute Gasteiger partial charge is 0.466 e. The standard InChI is InChI=1S/C9H15N5O3/c1-3-17-9(16)4-5-14(2)8(15)6-7-10-12-13-11-7/h3-6H2,1-2H3,(H,10,11,12,13). The first-order valence-electron chi connectivity index (χ1n) is 5.25. The number of likely N-dealkylation sites (N-methyl/N-ethyl adjacent to an activating group) is 1. The van der Waals surface area contributed by atoms with E-state index in [2.05, 4.69) is 20.6 Å². The molecule has 0 spiro atoms. The van der Waals surface area contributed by atoms with E-state index in [1.807, 2.05) is 0 Å². The molecule has 0 unspecified atom stereocenters. The van der Waals surface area contributed by atoms with Crippen LogP contribution in [0.2, 0.25) is 0 Å². The fourth-order valence-corrected chi connectivity index (χ4v) is 1.14. The van der Waals surface area contributed by atoms with E-state index >= 15 is 0 Å². The number of aromatic nitrogens is 4. The number of aromatic amines is 1. The van der Waals surface area contributed by atoms with Crippen molar-refractivity contribution in [1.29, 1.82) is 0 Å². The quantitative estimate of drug-likeness (QED) is 0.651. The molecule has 0 radical (unpaired) electrons. The Hall–Kier alpha value is -1.99. The van der Waals surface area contributed by atoms with Gasteiger partial charge in [0, 0.05) is 13.6 Å². The lowest BCUT2D eigenvalue weighted by molar-refractivity contribution is -0.143. The predicted octanol–water partition coefficient (Wildman–Crippen LogP) is -0.846. The Bertz CT molecular complexity index is 365. The SMILES string of the molecule is CCOC(=O)CCN(C)C(=O)Cc1nn[nH]n1. The molecular formula is C9H15N5O3. The Balaban J connectivity index is 2.29.